The van der Waals surface area contributed by atoms with Crippen LogP contribution in [0, 0.1) is 13.8 Å². The molecule has 0 aliphatic carbocycles. The summed E-state index contributed by atoms with van der Waals surface area (Å²) in [6, 6.07) is 0.288. The molecular formula is C15H23N5O. The average Bonchev–Trinajstić information content (AvgIpc) is 2.95. The van der Waals surface area contributed by atoms with Crippen LogP contribution >= 0.6 is 0 Å². The fraction of sp³-hybridized carbons (Fsp3) is 0.533. The highest BCUT2D eigenvalue weighted by Gasteiger charge is 2.12. The van der Waals surface area contributed by atoms with E-state index in [0.29, 0.717) is 12.8 Å². The van der Waals surface area contributed by atoms with Gasteiger partial charge in [0.1, 0.15) is 0 Å². The number of nitrogens with one attached hydrogen (secondary N) is 1. The van der Waals surface area contributed by atoms with E-state index < -0.39 is 0 Å². The zero-order valence-electron chi connectivity index (χ0n) is 13.3. The second-order valence-corrected chi connectivity index (χ2v) is 5.62. The molecule has 2 aromatic heterocycles. The molecule has 0 bridgehead atoms. The first-order chi connectivity index (χ1) is 9.88. The van der Waals surface area contributed by atoms with Gasteiger partial charge in [0.15, 0.2) is 0 Å². The van der Waals surface area contributed by atoms with Gasteiger partial charge in [0.2, 0.25) is 5.91 Å². The van der Waals surface area contributed by atoms with Crippen molar-refractivity contribution in [2.75, 3.05) is 5.32 Å². The van der Waals surface area contributed by atoms with Crippen molar-refractivity contribution in [1.82, 2.24) is 19.6 Å². The minimum atomic E-state index is 0.000888. The number of amides is 1. The first-order valence-electron chi connectivity index (χ1n) is 7.21. The normalized spacial score (nSPS) is 11.1. The summed E-state index contributed by atoms with van der Waals surface area (Å²) in [5.74, 6) is 0.000888. The molecule has 0 aliphatic rings. The SMILES string of the molecule is Cc1nn(C)c(C)c1CCC(=O)Nc1cnn(C(C)C)c1. The first kappa shape index (κ1) is 15.3. The van der Waals surface area contributed by atoms with Crippen LogP contribution in [0.4, 0.5) is 5.69 Å². The Morgan fingerprint density at radius 3 is 2.62 bits per heavy atom. The summed E-state index contributed by atoms with van der Waals surface area (Å²) < 4.78 is 3.68. The fourth-order valence-electron chi connectivity index (χ4n) is 2.33. The summed E-state index contributed by atoms with van der Waals surface area (Å²) >= 11 is 0. The van der Waals surface area contributed by atoms with Gasteiger partial charge in [-0.2, -0.15) is 10.2 Å². The minimum Gasteiger partial charge on any atom is -0.323 e. The van der Waals surface area contributed by atoms with Crippen LogP contribution in [0.2, 0.25) is 0 Å². The minimum absolute atomic E-state index is 0.000888. The second-order valence-electron chi connectivity index (χ2n) is 5.62. The molecular weight excluding hydrogens is 266 g/mol. The monoisotopic (exact) mass is 289 g/mol. The molecule has 2 rings (SSSR count). The summed E-state index contributed by atoms with van der Waals surface area (Å²) in [6.45, 7) is 8.10. The van der Waals surface area contributed by atoms with E-state index >= 15 is 0 Å². The van der Waals surface area contributed by atoms with E-state index in [4.69, 9.17) is 0 Å². The number of carbonyl (C=O) groups excluding carboxylic acids is 1. The maximum Gasteiger partial charge on any atom is 0.224 e. The molecule has 1 N–H and O–H groups in total. The standard InChI is InChI=1S/C15H23N5O/c1-10(2)20-9-13(8-16-20)17-15(21)7-6-14-11(3)18-19(5)12(14)4/h8-10H,6-7H2,1-5H3,(H,17,21). The number of nitrogens with zero attached hydrogens (tertiary/aromatic N) is 4. The van der Waals surface area contributed by atoms with E-state index in [1.807, 2.05) is 50.3 Å². The first-order valence-corrected chi connectivity index (χ1v) is 7.21. The molecule has 0 atom stereocenters. The fourth-order valence-corrected chi connectivity index (χ4v) is 2.33. The van der Waals surface area contributed by atoms with Crippen LogP contribution in [0.3, 0.4) is 0 Å². The van der Waals surface area contributed by atoms with Crippen molar-refractivity contribution in [2.24, 2.45) is 7.05 Å². The Balaban J connectivity index is 1.92. The van der Waals surface area contributed by atoms with Crippen LogP contribution in [0.5, 0.6) is 0 Å². The molecule has 21 heavy (non-hydrogen) atoms. The van der Waals surface area contributed by atoms with Crippen molar-refractivity contribution in [3.05, 3.63) is 29.3 Å². The van der Waals surface area contributed by atoms with Gasteiger partial charge in [0, 0.05) is 31.4 Å². The van der Waals surface area contributed by atoms with Crippen LogP contribution in [0.15, 0.2) is 12.4 Å². The van der Waals surface area contributed by atoms with Crippen LogP contribution in [-0.4, -0.2) is 25.5 Å². The molecule has 0 aromatic carbocycles. The van der Waals surface area contributed by atoms with Gasteiger partial charge < -0.3 is 5.32 Å². The van der Waals surface area contributed by atoms with Gasteiger partial charge in [-0.15, -0.1) is 0 Å². The Labute approximate surface area is 125 Å². The molecule has 1 amide bonds. The Morgan fingerprint density at radius 2 is 2.10 bits per heavy atom. The van der Waals surface area contributed by atoms with Gasteiger partial charge in [-0.25, -0.2) is 0 Å². The quantitative estimate of drug-likeness (QED) is 0.919. The van der Waals surface area contributed by atoms with Crippen molar-refractivity contribution < 1.29 is 4.79 Å². The van der Waals surface area contributed by atoms with Crippen LogP contribution in [0.1, 0.15) is 43.3 Å². The topological polar surface area (TPSA) is 64.7 Å². The highest BCUT2D eigenvalue weighted by atomic mass is 16.1. The zero-order valence-corrected chi connectivity index (χ0v) is 13.3. The van der Waals surface area contributed by atoms with Gasteiger partial charge in [0.25, 0.3) is 0 Å². The molecule has 0 saturated carbocycles. The molecule has 114 valence electrons. The molecule has 0 unspecified atom stereocenters. The van der Waals surface area contributed by atoms with E-state index in [2.05, 4.69) is 15.5 Å². The summed E-state index contributed by atoms with van der Waals surface area (Å²) in [6.07, 6.45) is 4.68. The van der Waals surface area contributed by atoms with Crippen molar-refractivity contribution in [2.45, 2.75) is 46.6 Å². The predicted molar refractivity (Wildman–Crippen MR) is 82.2 cm³/mol. The van der Waals surface area contributed by atoms with E-state index in [9.17, 15) is 4.79 Å². The number of aryl methyl sites for hydroxylation is 2. The maximum atomic E-state index is 12.0. The Kier molecular flexibility index (Phi) is 4.45. The van der Waals surface area contributed by atoms with Gasteiger partial charge in [-0.1, -0.05) is 0 Å². The zero-order chi connectivity index (χ0) is 15.6. The second kappa shape index (κ2) is 6.11. The number of carbonyl (C=O) groups is 1. The summed E-state index contributed by atoms with van der Waals surface area (Å²) in [5, 5.41) is 11.5. The molecule has 6 nitrogen and oxygen atoms in total. The smallest absolute Gasteiger partial charge is 0.224 e. The number of hydrogen-bond acceptors (Lipinski definition) is 3. The van der Waals surface area contributed by atoms with E-state index in [1.54, 1.807) is 6.20 Å². The number of hydrogen-bond donors (Lipinski definition) is 1. The van der Waals surface area contributed by atoms with Gasteiger partial charge in [-0.05, 0) is 39.7 Å². The Morgan fingerprint density at radius 1 is 1.38 bits per heavy atom. The molecule has 2 aromatic rings. The van der Waals surface area contributed by atoms with Gasteiger partial charge in [-0.3, -0.25) is 14.2 Å². The number of rotatable bonds is 5. The van der Waals surface area contributed by atoms with Gasteiger partial charge >= 0.3 is 0 Å². The lowest BCUT2D eigenvalue weighted by Crippen LogP contribution is -2.12. The largest absolute Gasteiger partial charge is 0.323 e. The van der Waals surface area contributed by atoms with Crippen molar-refractivity contribution in [1.29, 1.82) is 0 Å². The summed E-state index contributed by atoms with van der Waals surface area (Å²) in [7, 11) is 1.92. The number of aromatic nitrogens is 4. The summed E-state index contributed by atoms with van der Waals surface area (Å²) in [4.78, 5) is 12.0. The Bertz CT molecular complexity index is 639. The van der Waals surface area contributed by atoms with E-state index in [0.717, 1.165) is 22.6 Å². The van der Waals surface area contributed by atoms with Crippen LogP contribution in [0.25, 0.3) is 0 Å². The average molecular weight is 289 g/mol. The molecule has 0 fully saturated rings. The third kappa shape index (κ3) is 3.51. The number of anilines is 1. The van der Waals surface area contributed by atoms with Gasteiger partial charge in [0.05, 0.1) is 17.6 Å². The van der Waals surface area contributed by atoms with E-state index in [-0.39, 0.29) is 11.9 Å². The molecule has 0 saturated heterocycles. The van der Waals surface area contributed by atoms with E-state index in [1.165, 1.54) is 0 Å². The highest BCUT2D eigenvalue weighted by molar-refractivity contribution is 5.90. The van der Waals surface area contributed by atoms with Crippen LogP contribution < -0.4 is 5.32 Å². The third-order valence-corrected chi connectivity index (χ3v) is 3.68. The molecule has 6 heteroatoms. The Hall–Kier alpha value is -2.11. The molecule has 0 aliphatic heterocycles. The van der Waals surface area contributed by atoms with Crippen molar-refractivity contribution in [3.63, 3.8) is 0 Å². The molecule has 2 heterocycles. The van der Waals surface area contributed by atoms with Crippen LogP contribution in [-0.2, 0) is 18.3 Å². The highest BCUT2D eigenvalue weighted by Crippen LogP contribution is 2.15. The van der Waals surface area contributed by atoms with Crippen molar-refractivity contribution in [3.8, 4) is 0 Å². The molecule has 0 spiro atoms. The lowest BCUT2D eigenvalue weighted by Gasteiger charge is -2.05. The lowest BCUT2D eigenvalue weighted by atomic mass is 10.1. The summed E-state index contributed by atoms with van der Waals surface area (Å²) in [5.41, 5.74) is 4.02. The third-order valence-electron chi connectivity index (χ3n) is 3.68. The lowest BCUT2D eigenvalue weighted by molar-refractivity contribution is -0.116. The van der Waals surface area contributed by atoms with Crippen molar-refractivity contribution >= 4 is 11.6 Å². The predicted octanol–water partition coefficient (Wildman–Crippen LogP) is 2.39. The molecule has 0 radical (unpaired) electrons. The maximum absolute atomic E-state index is 12.0.